The molecule has 1 amide bonds. The predicted molar refractivity (Wildman–Crippen MR) is 157 cm³/mol. The van der Waals surface area contributed by atoms with Crippen LogP contribution < -0.4 is 10.6 Å². The molecular formula is C31H33N5OS. The first kappa shape index (κ1) is 25.7. The molecule has 0 aliphatic carbocycles. The van der Waals surface area contributed by atoms with Gasteiger partial charge in [0.05, 0.1) is 17.8 Å². The zero-order valence-corrected chi connectivity index (χ0v) is 23.0. The molecule has 3 heterocycles. The van der Waals surface area contributed by atoms with Gasteiger partial charge in [0.1, 0.15) is 0 Å². The van der Waals surface area contributed by atoms with Crippen molar-refractivity contribution in [2.45, 2.75) is 46.2 Å². The van der Waals surface area contributed by atoms with Gasteiger partial charge in [-0.05, 0) is 87.4 Å². The Balaban J connectivity index is 1.47. The molecule has 1 aliphatic heterocycles. The SMILES string of the molecule is Cc1ccc(-n2c(C)cc([C@@H]3[C@H](c4ccccn4)NC(=S)N3CCC(=O)Nc3ccccc3C)c2C)cc1. The Hall–Kier alpha value is -3.97. The average Bonchev–Trinajstić information content (AvgIpc) is 3.39. The van der Waals surface area contributed by atoms with Crippen LogP contribution in [0, 0.1) is 27.7 Å². The summed E-state index contributed by atoms with van der Waals surface area (Å²) in [6.45, 7) is 8.87. The van der Waals surface area contributed by atoms with E-state index in [4.69, 9.17) is 12.2 Å². The van der Waals surface area contributed by atoms with Crippen LogP contribution in [0.3, 0.4) is 0 Å². The Labute approximate surface area is 229 Å². The van der Waals surface area contributed by atoms with Crippen LogP contribution in [-0.4, -0.2) is 32.0 Å². The van der Waals surface area contributed by atoms with E-state index >= 15 is 0 Å². The van der Waals surface area contributed by atoms with Gasteiger partial charge >= 0.3 is 0 Å². The third-order valence-corrected chi connectivity index (χ3v) is 7.63. The van der Waals surface area contributed by atoms with Gasteiger partial charge in [0, 0.05) is 41.9 Å². The molecule has 2 aromatic carbocycles. The first-order chi connectivity index (χ1) is 18.3. The molecule has 1 aliphatic rings. The second kappa shape index (κ2) is 10.8. The van der Waals surface area contributed by atoms with Gasteiger partial charge in [0.15, 0.2) is 5.11 Å². The van der Waals surface area contributed by atoms with E-state index in [1.54, 1.807) is 0 Å². The van der Waals surface area contributed by atoms with E-state index in [1.807, 2.05) is 55.6 Å². The summed E-state index contributed by atoms with van der Waals surface area (Å²) in [6, 6.07) is 24.3. The van der Waals surface area contributed by atoms with Crippen LogP contribution in [0.2, 0.25) is 0 Å². The van der Waals surface area contributed by atoms with Crippen molar-refractivity contribution in [2.75, 3.05) is 11.9 Å². The fourth-order valence-corrected chi connectivity index (χ4v) is 5.64. The number of aromatic nitrogens is 2. The van der Waals surface area contributed by atoms with Crippen LogP contribution in [0.5, 0.6) is 0 Å². The maximum Gasteiger partial charge on any atom is 0.226 e. The van der Waals surface area contributed by atoms with Crippen LogP contribution in [0.1, 0.15) is 52.3 Å². The second-order valence-electron chi connectivity index (χ2n) is 9.93. The minimum Gasteiger partial charge on any atom is -0.352 e. The Kier molecular flexibility index (Phi) is 7.29. The molecule has 0 spiro atoms. The smallest absolute Gasteiger partial charge is 0.226 e. The molecular weight excluding hydrogens is 490 g/mol. The minimum absolute atomic E-state index is 0.0349. The summed E-state index contributed by atoms with van der Waals surface area (Å²) in [5.41, 5.74) is 8.63. The van der Waals surface area contributed by atoms with Crippen molar-refractivity contribution < 1.29 is 4.79 Å². The molecule has 1 saturated heterocycles. The van der Waals surface area contributed by atoms with Crippen molar-refractivity contribution in [3.8, 4) is 5.69 Å². The molecule has 2 aromatic heterocycles. The number of hydrogen-bond donors (Lipinski definition) is 2. The quantitative estimate of drug-likeness (QED) is 0.286. The highest BCUT2D eigenvalue weighted by Crippen LogP contribution is 2.41. The van der Waals surface area contributed by atoms with Crippen molar-refractivity contribution in [3.05, 3.63) is 113 Å². The highest BCUT2D eigenvalue weighted by Gasteiger charge is 2.41. The number of thiocarbonyl (C=S) groups is 1. The predicted octanol–water partition coefficient (Wildman–Crippen LogP) is 6.11. The molecule has 5 rings (SSSR count). The number of nitrogens with one attached hydrogen (secondary N) is 2. The summed E-state index contributed by atoms with van der Waals surface area (Å²) in [5.74, 6) is -0.0349. The van der Waals surface area contributed by atoms with E-state index in [9.17, 15) is 4.79 Å². The first-order valence-electron chi connectivity index (χ1n) is 12.9. The average molecular weight is 524 g/mol. The lowest BCUT2D eigenvalue weighted by molar-refractivity contribution is -0.116. The number of para-hydroxylation sites is 1. The van der Waals surface area contributed by atoms with Crippen molar-refractivity contribution in [1.29, 1.82) is 0 Å². The lowest BCUT2D eigenvalue weighted by atomic mass is 9.96. The molecule has 2 N–H and O–H groups in total. The normalized spacial score (nSPS) is 16.9. The van der Waals surface area contributed by atoms with Gasteiger partial charge in [-0.25, -0.2) is 0 Å². The first-order valence-corrected chi connectivity index (χ1v) is 13.3. The number of carbonyl (C=O) groups excluding carboxylic acids is 1. The summed E-state index contributed by atoms with van der Waals surface area (Å²) >= 11 is 5.84. The Morgan fingerprint density at radius 2 is 1.74 bits per heavy atom. The van der Waals surface area contributed by atoms with E-state index in [0.29, 0.717) is 18.1 Å². The van der Waals surface area contributed by atoms with Gasteiger partial charge < -0.3 is 20.1 Å². The summed E-state index contributed by atoms with van der Waals surface area (Å²) in [6.07, 6.45) is 2.13. The number of benzene rings is 2. The molecule has 4 aromatic rings. The van der Waals surface area contributed by atoms with Crippen LogP contribution in [0.4, 0.5) is 5.69 Å². The van der Waals surface area contributed by atoms with Crippen LogP contribution in [0.25, 0.3) is 5.69 Å². The fourth-order valence-electron chi connectivity index (χ4n) is 5.31. The Morgan fingerprint density at radius 3 is 2.45 bits per heavy atom. The minimum atomic E-state index is -0.130. The van der Waals surface area contributed by atoms with Gasteiger partial charge in [-0.15, -0.1) is 0 Å². The number of carbonyl (C=O) groups is 1. The van der Waals surface area contributed by atoms with Crippen molar-refractivity contribution in [2.24, 2.45) is 0 Å². The fraction of sp³-hybridized carbons (Fsp3) is 0.258. The molecule has 0 unspecified atom stereocenters. The molecule has 2 atom stereocenters. The number of pyridine rings is 1. The van der Waals surface area contributed by atoms with Gasteiger partial charge in [-0.2, -0.15) is 0 Å². The highest BCUT2D eigenvalue weighted by molar-refractivity contribution is 7.80. The maximum atomic E-state index is 12.9. The summed E-state index contributed by atoms with van der Waals surface area (Å²) in [4.78, 5) is 19.7. The Bertz CT molecular complexity index is 1460. The third kappa shape index (κ3) is 5.07. The highest BCUT2D eigenvalue weighted by atomic mass is 32.1. The van der Waals surface area contributed by atoms with E-state index in [-0.39, 0.29) is 18.0 Å². The molecule has 0 bridgehead atoms. The number of nitrogens with zero attached hydrogens (tertiary/aromatic N) is 3. The van der Waals surface area contributed by atoms with E-state index in [0.717, 1.165) is 34.0 Å². The van der Waals surface area contributed by atoms with Gasteiger partial charge in [0.2, 0.25) is 5.91 Å². The molecule has 7 heteroatoms. The van der Waals surface area contributed by atoms with Crippen molar-refractivity contribution in [3.63, 3.8) is 0 Å². The number of anilines is 1. The summed E-state index contributed by atoms with van der Waals surface area (Å²) < 4.78 is 2.29. The summed E-state index contributed by atoms with van der Waals surface area (Å²) in [5, 5.41) is 7.19. The standard InChI is InChI=1S/C31H33N5OS/c1-20-12-14-24(15-13-20)36-22(3)19-25(23(36)4)30-29(27-11-7-8-17-32-27)34-31(38)35(30)18-16-28(37)33-26-10-6-5-9-21(26)2/h5-15,17,19,29-30H,16,18H2,1-4H3,(H,33,37)(H,34,38)/t29-,30+/m0/s1. The monoisotopic (exact) mass is 523 g/mol. The van der Waals surface area contributed by atoms with Crippen LogP contribution in [-0.2, 0) is 4.79 Å². The van der Waals surface area contributed by atoms with Crippen molar-refractivity contribution >= 4 is 28.9 Å². The summed E-state index contributed by atoms with van der Waals surface area (Å²) in [7, 11) is 0. The van der Waals surface area contributed by atoms with E-state index in [1.165, 1.54) is 11.1 Å². The van der Waals surface area contributed by atoms with Gasteiger partial charge in [-0.1, -0.05) is 42.0 Å². The molecule has 194 valence electrons. The Morgan fingerprint density at radius 1 is 1.00 bits per heavy atom. The van der Waals surface area contributed by atoms with Gasteiger partial charge in [-0.3, -0.25) is 9.78 Å². The molecule has 38 heavy (non-hydrogen) atoms. The zero-order valence-electron chi connectivity index (χ0n) is 22.2. The lowest BCUT2D eigenvalue weighted by Gasteiger charge is -2.28. The maximum absolute atomic E-state index is 12.9. The lowest BCUT2D eigenvalue weighted by Crippen LogP contribution is -2.33. The largest absolute Gasteiger partial charge is 0.352 e. The van der Waals surface area contributed by atoms with E-state index < -0.39 is 0 Å². The number of aryl methyl sites for hydroxylation is 3. The van der Waals surface area contributed by atoms with Crippen LogP contribution >= 0.6 is 12.2 Å². The third-order valence-electron chi connectivity index (χ3n) is 7.28. The topological polar surface area (TPSA) is 62.2 Å². The number of amides is 1. The second-order valence-corrected chi connectivity index (χ2v) is 10.3. The number of rotatable bonds is 7. The number of hydrogen-bond acceptors (Lipinski definition) is 3. The zero-order chi connectivity index (χ0) is 26.8. The van der Waals surface area contributed by atoms with Crippen LogP contribution in [0.15, 0.2) is 79.0 Å². The molecule has 0 radical (unpaired) electrons. The molecule has 0 saturated carbocycles. The molecule has 6 nitrogen and oxygen atoms in total. The van der Waals surface area contributed by atoms with Gasteiger partial charge in [0.25, 0.3) is 0 Å². The molecule has 1 fully saturated rings. The van der Waals surface area contributed by atoms with Crippen molar-refractivity contribution in [1.82, 2.24) is 19.8 Å². The van der Waals surface area contributed by atoms with E-state index in [2.05, 4.69) is 76.2 Å².